The van der Waals surface area contributed by atoms with Crippen molar-refractivity contribution in [3.63, 3.8) is 0 Å². The lowest BCUT2D eigenvalue weighted by molar-refractivity contribution is -0.387. The molecule has 2 amide bonds. The lowest BCUT2D eigenvalue weighted by Crippen LogP contribution is -2.45. The van der Waals surface area contributed by atoms with E-state index in [9.17, 15) is 37.3 Å². The van der Waals surface area contributed by atoms with Crippen LogP contribution in [0.4, 0.5) is 23.2 Å². The third kappa shape index (κ3) is 5.02. The summed E-state index contributed by atoms with van der Waals surface area (Å²) in [6, 6.07) is 5.00. The number of hydrogen-bond acceptors (Lipinski definition) is 4. The molecule has 28 heavy (non-hydrogen) atoms. The van der Waals surface area contributed by atoms with Crippen molar-refractivity contribution in [2.75, 3.05) is 0 Å². The van der Waals surface area contributed by atoms with Crippen LogP contribution >= 0.6 is 0 Å². The smallest absolute Gasteiger partial charge is 0.368 e. The first-order valence-electron chi connectivity index (χ1n) is 7.69. The first kappa shape index (κ1) is 20.8. The lowest BCUT2D eigenvalue weighted by Gasteiger charge is -2.16. The number of nitrogens with two attached hydrogens (primary N) is 1. The van der Waals surface area contributed by atoms with Gasteiger partial charge in [0, 0.05) is 18.1 Å². The lowest BCUT2D eigenvalue weighted by atomic mass is 10.0. The average Bonchev–Trinajstić information content (AvgIpc) is 2.61. The van der Waals surface area contributed by atoms with E-state index >= 15 is 0 Å². The normalized spacial score (nSPS) is 12.3. The molecule has 0 saturated carbocycles. The van der Waals surface area contributed by atoms with Crippen LogP contribution in [0.1, 0.15) is 21.5 Å². The molecule has 0 bridgehead atoms. The fourth-order valence-electron chi connectivity index (χ4n) is 2.36. The maximum atomic E-state index is 13.4. The number of amides is 2. The summed E-state index contributed by atoms with van der Waals surface area (Å²) >= 11 is 0. The Morgan fingerprint density at radius 2 is 1.86 bits per heavy atom. The molecule has 1 atom stereocenters. The minimum Gasteiger partial charge on any atom is -0.368 e. The molecule has 7 nitrogen and oxygen atoms in total. The van der Waals surface area contributed by atoms with E-state index in [2.05, 4.69) is 5.32 Å². The fraction of sp³-hybridized carbons (Fsp3) is 0.176. The van der Waals surface area contributed by atoms with Crippen molar-refractivity contribution in [3.8, 4) is 0 Å². The van der Waals surface area contributed by atoms with Gasteiger partial charge in [-0.25, -0.2) is 0 Å². The molecule has 2 aromatic carbocycles. The molecule has 0 saturated heterocycles. The van der Waals surface area contributed by atoms with Gasteiger partial charge in [-0.1, -0.05) is 12.1 Å². The molecule has 2 rings (SSSR count). The van der Waals surface area contributed by atoms with Crippen LogP contribution in [0.3, 0.4) is 0 Å². The van der Waals surface area contributed by atoms with Crippen LogP contribution in [0.15, 0.2) is 42.5 Å². The van der Waals surface area contributed by atoms with E-state index in [1.165, 1.54) is 0 Å². The Balaban J connectivity index is 2.22. The van der Waals surface area contributed by atoms with Crippen LogP contribution in [0.25, 0.3) is 0 Å². The summed E-state index contributed by atoms with van der Waals surface area (Å²) < 4.78 is 51.6. The summed E-state index contributed by atoms with van der Waals surface area (Å²) in [7, 11) is 0. The molecule has 0 aliphatic heterocycles. The van der Waals surface area contributed by atoms with Gasteiger partial charge in [-0.05, 0) is 29.8 Å². The molecule has 0 spiro atoms. The van der Waals surface area contributed by atoms with Crippen molar-refractivity contribution < 1.29 is 32.1 Å². The Bertz CT molecular complexity index is 931. The van der Waals surface area contributed by atoms with Crippen molar-refractivity contribution in [2.24, 2.45) is 5.73 Å². The number of nitrogens with zero attached hydrogens (tertiary/aromatic N) is 1. The van der Waals surface area contributed by atoms with E-state index in [-0.39, 0.29) is 17.5 Å². The van der Waals surface area contributed by atoms with E-state index < -0.39 is 46.0 Å². The second-order valence-corrected chi connectivity index (χ2v) is 5.75. The molecule has 0 unspecified atom stereocenters. The highest BCUT2D eigenvalue weighted by Crippen LogP contribution is 2.29. The van der Waals surface area contributed by atoms with E-state index in [0.29, 0.717) is 6.07 Å². The Labute approximate surface area is 155 Å². The predicted molar refractivity (Wildman–Crippen MR) is 88.7 cm³/mol. The number of rotatable bonds is 6. The number of hydrogen-bond donors (Lipinski definition) is 2. The van der Waals surface area contributed by atoms with Crippen molar-refractivity contribution in [3.05, 3.63) is 75.1 Å². The standard InChI is InChI=1S/C17H13F4N3O4/c18-12-5-4-9(7-14(12)24(27)28)6-13(15(22)25)23-16(26)10-2-1-3-11(8-10)17(19,20)21/h1-5,7-8,13H,6H2,(H2,22,25)(H,23,26)/t13-/m1/s1. The van der Waals surface area contributed by atoms with E-state index in [4.69, 9.17) is 5.73 Å². The molecule has 0 fully saturated rings. The van der Waals surface area contributed by atoms with Crippen molar-refractivity contribution in [1.82, 2.24) is 5.32 Å². The van der Waals surface area contributed by atoms with Gasteiger partial charge in [0.2, 0.25) is 11.7 Å². The highest BCUT2D eigenvalue weighted by molar-refractivity contribution is 5.97. The van der Waals surface area contributed by atoms with Gasteiger partial charge in [0.25, 0.3) is 5.91 Å². The van der Waals surface area contributed by atoms with Crippen LogP contribution < -0.4 is 11.1 Å². The zero-order valence-corrected chi connectivity index (χ0v) is 14.0. The van der Waals surface area contributed by atoms with Crippen molar-refractivity contribution in [2.45, 2.75) is 18.6 Å². The van der Waals surface area contributed by atoms with E-state index in [1.54, 1.807) is 0 Å². The van der Waals surface area contributed by atoms with Crippen LogP contribution in [0.2, 0.25) is 0 Å². The number of primary amides is 1. The maximum Gasteiger partial charge on any atom is 0.416 e. The van der Waals surface area contributed by atoms with Crippen molar-refractivity contribution >= 4 is 17.5 Å². The van der Waals surface area contributed by atoms with Gasteiger partial charge in [0.15, 0.2) is 0 Å². The maximum absolute atomic E-state index is 13.4. The molecule has 11 heteroatoms. The number of benzene rings is 2. The van der Waals surface area contributed by atoms with Crippen LogP contribution in [-0.2, 0) is 17.4 Å². The third-order valence-electron chi connectivity index (χ3n) is 3.75. The second kappa shape index (κ2) is 8.03. The summed E-state index contributed by atoms with van der Waals surface area (Å²) in [4.78, 5) is 33.6. The first-order valence-corrected chi connectivity index (χ1v) is 7.69. The summed E-state index contributed by atoms with van der Waals surface area (Å²) in [5, 5.41) is 13.0. The number of nitrogens with one attached hydrogen (secondary N) is 1. The molecule has 0 aromatic heterocycles. The molecule has 3 N–H and O–H groups in total. The number of nitro benzene ring substituents is 1. The van der Waals surface area contributed by atoms with Crippen LogP contribution in [-0.4, -0.2) is 22.8 Å². The summed E-state index contributed by atoms with van der Waals surface area (Å²) in [5.41, 5.74) is 3.09. The molecule has 148 valence electrons. The van der Waals surface area contributed by atoms with Crippen molar-refractivity contribution in [1.29, 1.82) is 0 Å². The quantitative estimate of drug-likeness (QED) is 0.441. The van der Waals surface area contributed by atoms with Gasteiger partial charge >= 0.3 is 11.9 Å². The zero-order chi connectivity index (χ0) is 21.1. The Hall–Kier alpha value is -3.50. The fourth-order valence-corrected chi connectivity index (χ4v) is 2.36. The van der Waals surface area contributed by atoms with Gasteiger partial charge in [0.1, 0.15) is 6.04 Å². The molecule has 0 aliphatic rings. The second-order valence-electron chi connectivity index (χ2n) is 5.75. The van der Waals surface area contributed by atoms with Gasteiger partial charge in [-0.2, -0.15) is 17.6 Å². The van der Waals surface area contributed by atoms with E-state index in [0.717, 1.165) is 36.4 Å². The van der Waals surface area contributed by atoms with E-state index in [1.807, 2.05) is 0 Å². The molecule has 0 heterocycles. The Morgan fingerprint density at radius 3 is 2.43 bits per heavy atom. The number of alkyl halides is 3. The molecule has 2 aromatic rings. The average molecular weight is 399 g/mol. The Morgan fingerprint density at radius 1 is 1.18 bits per heavy atom. The highest BCUT2D eigenvalue weighted by atomic mass is 19.4. The summed E-state index contributed by atoms with van der Waals surface area (Å²) in [6.45, 7) is 0. The summed E-state index contributed by atoms with van der Waals surface area (Å²) in [5.74, 6) is -3.10. The number of carbonyl (C=O) groups excluding carboxylic acids is 2. The third-order valence-corrected chi connectivity index (χ3v) is 3.75. The molecule has 0 aliphatic carbocycles. The number of nitro groups is 1. The monoisotopic (exact) mass is 399 g/mol. The SMILES string of the molecule is NC(=O)[C@@H](Cc1ccc(F)c([N+](=O)[O-])c1)NC(=O)c1cccc(C(F)(F)F)c1. The molecule has 0 radical (unpaired) electrons. The molecular weight excluding hydrogens is 386 g/mol. The van der Waals surface area contributed by atoms with Crippen LogP contribution in [0, 0.1) is 15.9 Å². The van der Waals surface area contributed by atoms with Gasteiger partial charge in [-0.15, -0.1) is 0 Å². The van der Waals surface area contributed by atoms with Gasteiger partial charge in [-0.3, -0.25) is 19.7 Å². The topological polar surface area (TPSA) is 115 Å². The summed E-state index contributed by atoms with van der Waals surface area (Å²) in [6.07, 6.45) is -4.98. The highest BCUT2D eigenvalue weighted by Gasteiger charge is 2.31. The number of carbonyl (C=O) groups is 2. The minimum absolute atomic E-state index is 0.126. The first-order chi connectivity index (χ1) is 13.0. The Kier molecular flexibility index (Phi) is 5.96. The number of halogens is 4. The predicted octanol–water partition coefficient (Wildman–Crippen LogP) is 2.58. The van der Waals surface area contributed by atoms with Gasteiger partial charge in [0.05, 0.1) is 10.5 Å². The minimum atomic E-state index is -4.66. The zero-order valence-electron chi connectivity index (χ0n) is 14.0. The largest absolute Gasteiger partial charge is 0.416 e. The van der Waals surface area contributed by atoms with Crippen LogP contribution in [0.5, 0.6) is 0 Å². The molecular formula is C17H13F4N3O4. The van der Waals surface area contributed by atoms with Gasteiger partial charge < -0.3 is 11.1 Å².